The van der Waals surface area contributed by atoms with Crippen molar-refractivity contribution in [1.29, 1.82) is 0 Å². The van der Waals surface area contributed by atoms with Crippen molar-refractivity contribution < 1.29 is 6.22 Å². The van der Waals surface area contributed by atoms with Gasteiger partial charge in [-0.2, -0.15) is 0 Å². The molecule has 3 aromatic rings. The predicted molar refractivity (Wildman–Crippen MR) is 133 cm³/mol. The smallest absolute Gasteiger partial charge is 0.269 e. The molecule has 8 nitrogen and oxygen atoms in total. The lowest BCUT2D eigenvalue weighted by Crippen LogP contribution is -2.46. The molecule has 0 saturated carbocycles. The lowest BCUT2D eigenvalue weighted by atomic mass is 10.1. The van der Waals surface area contributed by atoms with Gasteiger partial charge in [0.25, 0.3) is 11.5 Å². The SMILES string of the molecule is CCc1cc2ncc(CN3CCN(c4ccc(C(=O)NC)nc4)CC3)cc2n(C(C)C)c1=O.[HH]. The minimum Gasteiger partial charge on any atom is -0.368 e. The van der Waals surface area contributed by atoms with Crippen molar-refractivity contribution in [2.24, 2.45) is 0 Å². The Balaban J connectivity index is 0.00000324. The maximum Gasteiger partial charge on any atom is 0.269 e. The van der Waals surface area contributed by atoms with Crippen LogP contribution in [-0.4, -0.2) is 58.6 Å². The van der Waals surface area contributed by atoms with Gasteiger partial charge in [0.2, 0.25) is 0 Å². The molecule has 1 amide bonds. The van der Waals surface area contributed by atoms with Gasteiger partial charge >= 0.3 is 0 Å². The Morgan fingerprint density at radius 1 is 1.12 bits per heavy atom. The molecule has 1 N–H and O–H groups in total. The van der Waals surface area contributed by atoms with Gasteiger partial charge in [-0.3, -0.25) is 19.5 Å². The Morgan fingerprint density at radius 3 is 2.48 bits per heavy atom. The van der Waals surface area contributed by atoms with Crippen LogP contribution in [0.2, 0.25) is 0 Å². The first-order chi connectivity index (χ1) is 15.9. The highest BCUT2D eigenvalue weighted by molar-refractivity contribution is 5.92. The van der Waals surface area contributed by atoms with Gasteiger partial charge in [-0.05, 0) is 50.1 Å². The molecule has 0 atom stereocenters. The molecule has 176 valence electrons. The number of fused-ring (bicyclic) bond motifs is 1. The number of rotatable bonds is 6. The van der Waals surface area contributed by atoms with Gasteiger partial charge < -0.3 is 14.8 Å². The first-order valence-electron chi connectivity index (χ1n) is 11.6. The standard InChI is InChI=1S/C25H32N6O2.H2/c1-5-19-13-22-23(31(17(2)3)25(19)33)12-18(14-27-22)16-29-8-10-30(11-9-29)20-6-7-21(28-15-20)24(32)26-4;/h6-7,12-15,17H,5,8-11,16H2,1-4H3,(H,26,32);1H. The van der Waals surface area contributed by atoms with Gasteiger partial charge in [0.05, 0.1) is 22.9 Å². The summed E-state index contributed by atoms with van der Waals surface area (Å²) in [5.74, 6) is -0.177. The van der Waals surface area contributed by atoms with E-state index in [1.807, 2.05) is 43.7 Å². The zero-order chi connectivity index (χ0) is 23.5. The van der Waals surface area contributed by atoms with Crippen LogP contribution in [0, 0.1) is 0 Å². The fraction of sp³-hybridized carbons (Fsp3) is 0.440. The van der Waals surface area contributed by atoms with Crippen LogP contribution in [0.4, 0.5) is 5.69 Å². The Morgan fingerprint density at radius 2 is 1.88 bits per heavy atom. The third kappa shape index (κ3) is 4.75. The van der Waals surface area contributed by atoms with Gasteiger partial charge in [-0.1, -0.05) is 6.92 Å². The number of amides is 1. The Hall–Kier alpha value is -3.26. The van der Waals surface area contributed by atoms with Gasteiger partial charge in [0, 0.05) is 59.0 Å². The van der Waals surface area contributed by atoms with Crippen LogP contribution in [0.3, 0.4) is 0 Å². The second-order valence-corrected chi connectivity index (χ2v) is 8.78. The number of nitrogens with one attached hydrogen (secondary N) is 1. The fourth-order valence-corrected chi connectivity index (χ4v) is 4.41. The summed E-state index contributed by atoms with van der Waals surface area (Å²) in [6.07, 6.45) is 4.41. The minimum absolute atomic E-state index is 0. The molecule has 0 unspecified atom stereocenters. The van der Waals surface area contributed by atoms with E-state index in [9.17, 15) is 9.59 Å². The van der Waals surface area contributed by atoms with E-state index < -0.39 is 0 Å². The molecule has 33 heavy (non-hydrogen) atoms. The summed E-state index contributed by atoms with van der Waals surface area (Å²) in [5.41, 5.74) is 5.25. The van der Waals surface area contributed by atoms with E-state index in [4.69, 9.17) is 4.98 Å². The lowest BCUT2D eigenvalue weighted by molar-refractivity contribution is 0.0958. The van der Waals surface area contributed by atoms with E-state index in [-0.39, 0.29) is 18.9 Å². The highest BCUT2D eigenvalue weighted by Crippen LogP contribution is 2.20. The molecule has 1 aliphatic rings. The molecule has 4 heterocycles. The first kappa shape index (κ1) is 22.9. The Kier molecular flexibility index (Phi) is 6.74. The molecule has 0 bridgehead atoms. The number of hydrogen-bond acceptors (Lipinski definition) is 6. The van der Waals surface area contributed by atoms with Crippen molar-refractivity contribution in [2.45, 2.75) is 39.8 Å². The molecule has 8 heteroatoms. The van der Waals surface area contributed by atoms with Gasteiger partial charge in [0.1, 0.15) is 5.69 Å². The average molecular weight is 451 g/mol. The summed E-state index contributed by atoms with van der Waals surface area (Å²) in [6.45, 7) is 10.5. The van der Waals surface area contributed by atoms with Crippen LogP contribution in [0.1, 0.15) is 49.9 Å². The van der Waals surface area contributed by atoms with Crippen LogP contribution in [0.5, 0.6) is 0 Å². The minimum atomic E-state index is -0.177. The van der Waals surface area contributed by atoms with Crippen molar-refractivity contribution in [3.63, 3.8) is 0 Å². The molecule has 1 saturated heterocycles. The number of aryl methyl sites for hydroxylation is 1. The molecule has 4 rings (SSSR count). The van der Waals surface area contributed by atoms with Crippen molar-refractivity contribution in [1.82, 2.24) is 24.8 Å². The van der Waals surface area contributed by atoms with Gasteiger partial charge in [0.15, 0.2) is 0 Å². The van der Waals surface area contributed by atoms with E-state index >= 15 is 0 Å². The summed E-state index contributed by atoms with van der Waals surface area (Å²) < 4.78 is 1.87. The van der Waals surface area contributed by atoms with Gasteiger partial charge in [-0.25, -0.2) is 4.98 Å². The number of anilines is 1. The molecule has 0 radical (unpaired) electrons. The number of carbonyl (C=O) groups is 1. The van der Waals surface area contributed by atoms with E-state index in [0.717, 1.165) is 60.6 Å². The summed E-state index contributed by atoms with van der Waals surface area (Å²) in [6, 6.07) is 7.85. The van der Waals surface area contributed by atoms with E-state index in [0.29, 0.717) is 12.1 Å². The zero-order valence-electron chi connectivity index (χ0n) is 19.8. The highest BCUT2D eigenvalue weighted by atomic mass is 16.1. The molecule has 0 aromatic carbocycles. The van der Waals surface area contributed by atoms with Crippen LogP contribution >= 0.6 is 0 Å². The summed E-state index contributed by atoms with van der Waals surface area (Å²) >= 11 is 0. The molecule has 1 aliphatic heterocycles. The van der Waals surface area contributed by atoms with Crippen molar-refractivity contribution in [2.75, 3.05) is 38.1 Å². The number of hydrogen-bond donors (Lipinski definition) is 1. The van der Waals surface area contributed by atoms with Crippen LogP contribution in [-0.2, 0) is 13.0 Å². The number of pyridine rings is 3. The van der Waals surface area contributed by atoms with Crippen molar-refractivity contribution in [3.05, 3.63) is 63.8 Å². The largest absolute Gasteiger partial charge is 0.368 e. The van der Waals surface area contributed by atoms with Crippen LogP contribution in [0.15, 0.2) is 41.5 Å². The molecule has 3 aromatic heterocycles. The molecular weight excluding hydrogens is 416 g/mol. The summed E-state index contributed by atoms with van der Waals surface area (Å²) in [7, 11) is 1.60. The van der Waals surface area contributed by atoms with E-state index in [2.05, 4.69) is 26.2 Å². The molecule has 1 fully saturated rings. The number of carbonyl (C=O) groups excluding carboxylic acids is 1. The number of aromatic nitrogens is 3. The normalized spacial score (nSPS) is 14.8. The average Bonchev–Trinajstić information content (AvgIpc) is 2.83. The molecule has 0 spiro atoms. The summed E-state index contributed by atoms with van der Waals surface area (Å²) in [5, 5.41) is 2.59. The monoisotopic (exact) mass is 450 g/mol. The van der Waals surface area contributed by atoms with E-state index in [1.165, 1.54) is 0 Å². The Bertz CT molecular complexity index is 1200. The van der Waals surface area contributed by atoms with Crippen LogP contribution in [0.25, 0.3) is 11.0 Å². The third-order valence-corrected chi connectivity index (χ3v) is 6.27. The summed E-state index contributed by atoms with van der Waals surface area (Å²) in [4.78, 5) is 38.3. The fourth-order valence-electron chi connectivity index (χ4n) is 4.41. The molecule has 0 aliphatic carbocycles. The molecular formula is C25H34N6O2. The maximum atomic E-state index is 12.9. The second-order valence-electron chi connectivity index (χ2n) is 8.78. The zero-order valence-corrected chi connectivity index (χ0v) is 19.8. The number of piperazine rings is 1. The van der Waals surface area contributed by atoms with Gasteiger partial charge in [-0.15, -0.1) is 0 Å². The maximum absolute atomic E-state index is 12.9. The second kappa shape index (κ2) is 9.70. The third-order valence-electron chi connectivity index (χ3n) is 6.27. The first-order valence-corrected chi connectivity index (χ1v) is 11.6. The van der Waals surface area contributed by atoms with Crippen molar-refractivity contribution in [3.8, 4) is 0 Å². The predicted octanol–water partition coefficient (Wildman–Crippen LogP) is 2.86. The van der Waals surface area contributed by atoms with Crippen LogP contribution < -0.4 is 15.8 Å². The quantitative estimate of drug-likeness (QED) is 0.622. The highest BCUT2D eigenvalue weighted by Gasteiger charge is 2.19. The van der Waals surface area contributed by atoms with E-state index in [1.54, 1.807) is 19.3 Å². The number of nitrogens with zero attached hydrogens (tertiary/aromatic N) is 5. The Labute approximate surface area is 195 Å². The topological polar surface area (TPSA) is 83.4 Å². The van der Waals surface area contributed by atoms with Crippen molar-refractivity contribution >= 4 is 22.6 Å². The lowest BCUT2D eigenvalue weighted by Gasteiger charge is -2.36.